The van der Waals surface area contributed by atoms with E-state index in [0.29, 0.717) is 23.0 Å². The van der Waals surface area contributed by atoms with Crippen LogP contribution in [0.3, 0.4) is 0 Å². The molecule has 4 aromatic carbocycles. The van der Waals surface area contributed by atoms with Gasteiger partial charge in [0.05, 0.1) is 0 Å². The molecule has 0 saturated heterocycles. The number of phenolic OH excluding ortho intramolecular Hbond substituents is 1. The largest absolute Gasteiger partial charge is 0.506 e. The Labute approximate surface area is 246 Å². The summed E-state index contributed by atoms with van der Waals surface area (Å²) >= 11 is 0. The molecular weight excluding hydrogens is 520 g/mol. The summed E-state index contributed by atoms with van der Waals surface area (Å²) in [5.41, 5.74) is 2.86. The third-order valence-corrected chi connectivity index (χ3v) is 9.62. The van der Waals surface area contributed by atoms with Gasteiger partial charge in [0.1, 0.15) is 22.6 Å². The van der Waals surface area contributed by atoms with Gasteiger partial charge in [-0.15, -0.1) is 0 Å². The summed E-state index contributed by atoms with van der Waals surface area (Å²) in [6.45, 7) is 11.4. The molecule has 1 aromatic heterocycles. The fourth-order valence-electron chi connectivity index (χ4n) is 7.86. The highest BCUT2D eigenvalue weighted by Gasteiger charge is 2.75. The van der Waals surface area contributed by atoms with Gasteiger partial charge in [0, 0.05) is 27.8 Å². The SMILES string of the molecule is CC(C)(c1ccccc1)[C@]12OC(c3cccc(Oc4ccc5cccc(O)c5n4)c3)=N[C@@]1(C)c1ccccc1C2(C)C. The van der Waals surface area contributed by atoms with Gasteiger partial charge in [0.2, 0.25) is 11.8 Å². The summed E-state index contributed by atoms with van der Waals surface area (Å²) in [5, 5.41) is 11.1. The number of aromatic nitrogens is 1. The minimum absolute atomic E-state index is 0.120. The van der Waals surface area contributed by atoms with Crippen molar-refractivity contribution in [2.75, 3.05) is 0 Å². The maximum atomic E-state index is 10.3. The first-order valence-electron chi connectivity index (χ1n) is 14.4. The average molecular weight is 555 g/mol. The lowest BCUT2D eigenvalue weighted by Gasteiger charge is -2.54. The van der Waals surface area contributed by atoms with Crippen molar-refractivity contribution < 1.29 is 14.6 Å². The van der Waals surface area contributed by atoms with Crippen molar-refractivity contribution in [3.8, 4) is 17.4 Å². The van der Waals surface area contributed by atoms with Gasteiger partial charge in [-0.1, -0.05) is 100 Å². The van der Waals surface area contributed by atoms with Gasteiger partial charge in [0.25, 0.3) is 0 Å². The number of phenols is 1. The number of ether oxygens (including phenoxy) is 2. The molecule has 2 aliphatic rings. The quantitative estimate of drug-likeness (QED) is 0.237. The highest BCUT2D eigenvalue weighted by atomic mass is 16.5. The first-order valence-corrected chi connectivity index (χ1v) is 14.4. The van der Waals surface area contributed by atoms with Crippen LogP contribution in [0.25, 0.3) is 10.9 Å². The fourth-order valence-corrected chi connectivity index (χ4v) is 7.86. The first kappa shape index (κ1) is 26.3. The predicted molar refractivity (Wildman–Crippen MR) is 167 cm³/mol. The molecule has 5 nitrogen and oxygen atoms in total. The molecule has 0 unspecified atom stereocenters. The second kappa shape index (κ2) is 8.93. The molecule has 0 spiro atoms. The van der Waals surface area contributed by atoms with E-state index in [0.717, 1.165) is 10.9 Å². The smallest absolute Gasteiger partial charge is 0.219 e. The predicted octanol–water partition coefficient (Wildman–Crippen LogP) is 8.43. The lowest BCUT2D eigenvalue weighted by atomic mass is 9.54. The zero-order valence-electron chi connectivity index (χ0n) is 24.6. The molecule has 7 rings (SSSR count). The maximum absolute atomic E-state index is 10.3. The second-order valence-electron chi connectivity index (χ2n) is 12.6. The Morgan fingerprint density at radius 2 is 1.48 bits per heavy atom. The molecule has 42 heavy (non-hydrogen) atoms. The minimum Gasteiger partial charge on any atom is -0.506 e. The molecule has 5 heteroatoms. The van der Waals surface area contributed by atoms with E-state index in [1.165, 1.54) is 16.7 Å². The molecule has 0 saturated carbocycles. The third kappa shape index (κ3) is 3.43. The van der Waals surface area contributed by atoms with Gasteiger partial charge in [-0.05, 0) is 53.9 Å². The average Bonchev–Trinajstić information content (AvgIpc) is 3.41. The van der Waals surface area contributed by atoms with Crippen LogP contribution in [-0.4, -0.2) is 21.6 Å². The second-order valence-corrected chi connectivity index (χ2v) is 12.6. The number of aliphatic imine (C=N–C) groups is 1. The van der Waals surface area contributed by atoms with Crippen LogP contribution in [-0.2, 0) is 21.1 Å². The summed E-state index contributed by atoms with van der Waals surface area (Å²) < 4.78 is 13.5. The molecule has 1 N–H and O–H groups in total. The monoisotopic (exact) mass is 554 g/mol. The van der Waals surface area contributed by atoms with E-state index in [9.17, 15) is 5.11 Å². The zero-order valence-corrected chi connectivity index (χ0v) is 24.6. The normalized spacial score (nSPS) is 22.3. The van der Waals surface area contributed by atoms with Gasteiger partial charge in [-0.3, -0.25) is 0 Å². The van der Waals surface area contributed by atoms with E-state index < -0.39 is 16.6 Å². The zero-order chi connectivity index (χ0) is 29.3. The van der Waals surface area contributed by atoms with E-state index in [1.807, 2.05) is 36.4 Å². The van der Waals surface area contributed by atoms with Crippen LogP contribution in [0, 0.1) is 0 Å². The van der Waals surface area contributed by atoms with Crippen LogP contribution in [0.4, 0.5) is 0 Å². The number of benzene rings is 4. The summed E-state index contributed by atoms with van der Waals surface area (Å²) in [7, 11) is 0. The number of rotatable bonds is 5. The van der Waals surface area contributed by atoms with Crippen molar-refractivity contribution in [1.29, 1.82) is 0 Å². The summed E-state index contributed by atoms with van der Waals surface area (Å²) in [6.07, 6.45) is 0. The first-order chi connectivity index (χ1) is 20.1. The summed E-state index contributed by atoms with van der Waals surface area (Å²) in [5.74, 6) is 1.73. The van der Waals surface area contributed by atoms with E-state index in [4.69, 9.17) is 14.5 Å². The molecule has 2 heterocycles. The van der Waals surface area contributed by atoms with Gasteiger partial charge < -0.3 is 14.6 Å². The Morgan fingerprint density at radius 1 is 0.762 bits per heavy atom. The summed E-state index contributed by atoms with van der Waals surface area (Å²) in [4.78, 5) is 9.99. The minimum atomic E-state index is -0.721. The van der Waals surface area contributed by atoms with E-state index in [-0.39, 0.29) is 11.2 Å². The number of aromatic hydroxyl groups is 1. The van der Waals surface area contributed by atoms with Crippen LogP contribution < -0.4 is 4.74 Å². The van der Waals surface area contributed by atoms with Crippen LogP contribution in [0.1, 0.15) is 56.9 Å². The highest BCUT2D eigenvalue weighted by molar-refractivity contribution is 5.97. The standard InChI is InChI=1S/C37H34N2O3/c1-34(2,26-15-7-6-8-16-26)37-35(3,4)28-18-9-10-19-29(28)36(37,5)39-33(42-37)25-14-11-17-27(23-25)41-31-22-21-24-13-12-20-30(40)32(24)38-31/h6-23,40H,1-5H3/t36-,37+/m0/s1. The molecule has 0 fully saturated rings. The molecule has 210 valence electrons. The van der Waals surface area contributed by atoms with Crippen molar-refractivity contribution in [2.45, 2.75) is 56.6 Å². The molecule has 0 bridgehead atoms. The molecule has 1 aliphatic carbocycles. The molecule has 1 aliphatic heterocycles. The summed E-state index contributed by atoms with van der Waals surface area (Å²) in [6, 6.07) is 36.1. The van der Waals surface area contributed by atoms with Crippen LogP contribution >= 0.6 is 0 Å². The molecule has 0 amide bonds. The number of pyridine rings is 1. The van der Waals surface area contributed by atoms with Crippen molar-refractivity contribution in [1.82, 2.24) is 4.98 Å². The maximum Gasteiger partial charge on any atom is 0.219 e. The fraction of sp³-hybridized carbons (Fsp3) is 0.243. The number of fused-ring (bicyclic) bond motifs is 4. The topological polar surface area (TPSA) is 63.9 Å². The van der Waals surface area contributed by atoms with Crippen molar-refractivity contribution >= 4 is 16.8 Å². The third-order valence-electron chi connectivity index (χ3n) is 9.62. The molecule has 2 atom stereocenters. The van der Waals surface area contributed by atoms with Gasteiger partial charge >= 0.3 is 0 Å². The Bertz CT molecular complexity index is 1880. The molecule has 0 radical (unpaired) electrons. The van der Waals surface area contributed by atoms with Crippen molar-refractivity contribution in [2.24, 2.45) is 4.99 Å². The Balaban J connectivity index is 1.33. The number of hydrogen-bond donors (Lipinski definition) is 1. The van der Waals surface area contributed by atoms with Crippen LogP contribution in [0.5, 0.6) is 17.4 Å². The lowest BCUT2D eigenvalue weighted by Crippen LogP contribution is -2.65. The van der Waals surface area contributed by atoms with E-state index in [1.54, 1.807) is 18.2 Å². The van der Waals surface area contributed by atoms with Crippen LogP contribution in [0.2, 0.25) is 0 Å². The number of para-hydroxylation sites is 1. The van der Waals surface area contributed by atoms with Crippen molar-refractivity contribution in [3.05, 3.63) is 131 Å². The van der Waals surface area contributed by atoms with Gasteiger partial charge in [-0.2, -0.15) is 0 Å². The lowest BCUT2D eigenvalue weighted by molar-refractivity contribution is -0.0885. The Kier molecular flexibility index (Phi) is 5.58. The van der Waals surface area contributed by atoms with Gasteiger partial charge in [0.15, 0.2) is 5.60 Å². The Hall–Kier alpha value is -4.64. The van der Waals surface area contributed by atoms with E-state index in [2.05, 4.69) is 94.2 Å². The van der Waals surface area contributed by atoms with Crippen molar-refractivity contribution in [3.63, 3.8) is 0 Å². The molecule has 5 aromatic rings. The van der Waals surface area contributed by atoms with Crippen LogP contribution in [0.15, 0.2) is 114 Å². The number of nitrogens with zero attached hydrogens (tertiary/aromatic N) is 2. The van der Waals surface area contributed by atoms with Gasteiger partial charge in [-0.25, -0.2) is 9.98 Å². The molecular formula is C37H34N2O3. The highest BCUT2D eigenvalue weighted by Crippen LogP contribution is 2.68. The van der Waals surface area contributed by atoms with E-state index >= 15 is 0 Å². The Morgan fingerprint density at radius 3 is 2.26 bits per heavy atom. The number of hydrogen-bond acceptors (Lipinski definition) is 5.